The molecule has 0 aliphatic heterocycles. The van der Waals surface area contributed by atoms with Gasteiger partial charge in [0.2, 0.25) is 0 Å². The average molecular weight is 269 g/mol. The van der Waals surface area contributed by atoms with E-state index in [1.54, 1.807) is 13.0 Å². The van der Waals surface area contributed by atoms with Crippen molar-refractivity contribution >= 4 is 17.6 Å². The molecule has 94 valence electrons. The summed E-state index contributed by atoms with van der Waals surface area (Å²) in [5.74, 6) is -0.957. The predicted molar refractivity (Wildman–Crippen MR) is 64.5 cm³/mol. The van der Waals surface area contributed by atoms with Crippen molar-refractivity contribution in [3.63, 3.8) is 0 Å². The van der Waals surface area contributed by atoms with Crippen LogP contribution in [-0.2, 0) is 4.74 Å². The third-order valence-electron chi connectivity index (χ3n) is 2.26. The Labute approximate surface area is 108 Å². The normalized spacial score (nSPS) is 10.4. The van der Waals surface area contributed by atoms with Gasteiger partial charge in [0.05, 0.1) is 18.5 Å². The molecule has 1 aromatic heterocycles. The maximum atomic E-state index is 13.1. The van der Waals surface area contributed by atoms with E-state index in [1.165, 1.54) is 29.1 Å². The van der Waals surface area contributed by atoms with Crippen LogP contribution < -0.4 is 0 Å². The molecule has 1 aromatic carbocycles. The zero-order chi connectivity index (χ0) is 13.1. The molecule has 2 aromatic rings. The van der Waals surface area contributed by atoms with Crippen molar-refractivity contribution in [1.82, 2.24) is 9.78 Å². The highest BCUT2D eigenvalue weighted by Gasteiger charge is 2.17. The van der Waals surface area contributed by atoms with Crippen LogP contribution in [0.3, 0.4) is 0 Å². The van der Waals surface area contributed by atoms with Crippen LogP contribution in [0, 0.1) is 5.82 Å². The van der Waals surface area contributed by atoms with Gasteiger partial charge in [-0.1, -0.05) is 17.7 Å². The molecule has 0 saturated carbocycles. The first-order valence-electron chi connectivity index (χ1n) is 5.30. The molecular weight excluding hydrogens is 259 g/mol. The second-order valence-corrected chi connectivity index (χ2v) is 3.82. The minimum absolute atomic E-state index is 0.0963. The molecule has 0 fully saturated rings. The zero-order valence-corrected chi connectivity index (χ0v) is 10.3. The third-order valence-corrected chi connectivity index (χ3v) is 2.62. The van der Waals surface area contributed by atoms with Crippen molar-refractivity contribution in [2.24, 2.45) is 0 Å². The Kier molecular flexibility index (Phi) is 3.62. The van der Waals surface area contributed by atoms with Gasteiger partial charge in [0.15, 0.2) is 0 Å². The van der Waals surface area contributed by atoms with Crippen molar-refractivity contribution in [2.45, 2.75) is 6.92 Å². The summed E-state index contributed by atoms with van der Waals surface area (Å²) in [6, 6.07) is 5.75. The van der Waals surface area contributed by atoms with Gasteiger partial charge in [0.25, 0.3) is 0 Å². The molecular formula is C12H10ClFN2O2. The van der Waals surface area contributed by atoms with Gasteiger partial charge in [0, 0.05) is 0 Å². The van der Waals surface area contributed by atoms with Gasteiger partial charge in [0.1, 0.15) is 16.5 Å². The van der Waals surface area contributed by atoms with E-state index in [9.17, 15) is 9.18 Å². The second-order valence-electron chi connectivity index (χ2n) is 3.46. The molecule has 6 heteroatoms. The van der Waals surface area contributed by atoms with Crippen molar-refractivity contribution < 1.29 is 13.9 Å². The number of carbonyl (C=O) groups excluding carboxylic acids is 1. The summed E-state index contributed by atoms with van der Waals surface area (Å²) in [4.78, 5) is 11.5. The van der Waals surface area contributed by atoms with E-state index in [2.05, 4.69) is 5.10 Å². The van der Waals surface area contributed by atoms with Gasteiger partial charge in [-0.05, 0) is 25.1 Å². The Morgan fingerprint density at radius 3 is 3.00 bits per heavy atom. The highest BCUT2D eigenvalue weighted by molar-refractivity contribution is 6.32. The Balaban J connectivity index is 2.39. The van der Waals surface area contributed by atoms with Crippen LogP contribution in [-0.4, -0.2) is 22.4 Å². The number of rotatable bonds is 3. The van der Waals surface area contributed by atoms with E-state index >= 15 is 0 Å². The van der Waals surface area contributed by atoms with Crippen molar-refractivity contribution in [1.29, 1.82) is 0 Å². The third kappa shape index (κ3) is 2.36. The van der Waals surface area contributed by atoms with E-state index in [1.807, 2.05) is 0 Å². The van der Waals surface area contributed by atoms with Gasteiger partial charge in [-0.25, -0.2) is 13.9 Å². The molecule has 2 rings (SSSR count). The molecule has 0 aliphatic carbocycles. The molecule has 0 N–H and O–H groups in total. The maximum absolute atomic E-state index is 13.1. The number of nitrogens with zero attached hydrogens (tertiary/aromatic N) is 2. The van der Waals surface area contributed by atoms with E-state index in [4.69, 9.17) is 16.3 Å². The van der Waals surface area contributed by atoms with Crippen LogP contribution in [0.1, 0.15) is 17.3 Å². The molecule has 18 heavy (non-hydrogen) atoms. The van der Waals surface area contributed by atoms with Gasteiger partial charge < -0.3 is 4.74 Å². The first kappa shape index (κ1) is 12.6. The van der Waals surface area contributed by atoms with Gasteiger partial charge in [-0.3, -0.25) is 0 Å². The van der Waals surface area contributed by atoms with E-state index in [0.717, 1.165) is 0 Å². The molecule has 0 unspecified atom stereocenters. The van der Waals surface area contributed by atoms with Crippen molar-refractivity contribution in [3.05, 3.63) is 47.0 Å². The summed E-state index contributed by atoms with van der Waals surface area (Å²) in [5.41, 5.74) is 0.596. The van der Waals surface area contributed by atoms with Crippen LogP contribution in [0.15, 0.2) is 30.5 Å². The minimum Gasteiger partial charge on any atom is -0.462 e. The van der Waals surface area contributed by atoms with E-state index in [-0.39, 0.29) is 17.3 Å². The van der Waals surface area contributed by atoms with Gasteiger partial charge in [-0.2, -0.15) is 5.10 Å². The molecule has 1 heterocycles. The second kappa shape index (κ2) is 5.18. The van der Waals surface area contributed by atoms with E-state index in [0.29, 0.717) is 5.69 Å². The summed E-state index contributed by atoms with van der Waals surface area (Å²) in [6.07, 6.45) is 1.30. The van der Waals surface area contributed by atoms with Crippen LogP contribution in [0.25, 0.3) is 5.69 Å². The maximum Gasteiger partial charge on any atom is 0.342 e. The number of ether oxygens (including phenoxy) is 1. The molecule has 0 atom stereocenters. The van der Waals surface area contributed by atoms with Gasteiger partial charge >= 0.3 is 5.97 Å². The number of halogens is 2. The lowest BCUT2D eigenvalue weighted by Gasteiger charge is -2.03. The zero-order valence-electron chi connectivity index (χ0n) is 9.56. The van der Waals surface area contributed by atoms with Crippen molar-refractivity contribution in [2.75, 3.05) is 6.61 Å². The SMILES string of the molecule is CCOC(=O)c1cnn(-c2cccc(F)c2)c1Cl. The summed E-state index contributed by atoms with van der Waals surface area (Å²) >= 11 is 6.02. The largest absolute Gasteiger partial charge is 0.462 e. The minimum atomic E-state index is -0.551. The summed E-state index contributed by atoms with van der Waals surface area (Å²) in [6.45, 7) is 1.95. The van der Waals surface area contributed by atoms with Crippen LogP contribution in [0.2, 0.25) is 5.15 Å². The quantitative estimate of drug-likeness (QED) is 0.804. The molecule has 4 nitrogen and oxygen atoms in total. The Morgan fingerprint density at radius 2 is 2.33 bits per heavy atom. The molecule has 0 radical (unpaired) electrons. The fourth-order valence-corrected chi connectivity index (χ4v) is 1.73. The number of aromatic nitrogens is 2. The van der Waals surface area contributed by atoms with Gasteiger partial charge in [-0.15, -0.1) is 0 Å². The van der Waals surface area contributed by atoms with E-state index < -0.39 is 11.8 Å². The number of carbonyl (C=O) groups is 1. The predicted octanol–water partition coefficient (Wildman–Crippen LogP) is 2.84. The monoisotopic (exact) mass is 268 g/mol. The Hall–Kier alpha value is -1.88. The highest BCUT2D eigenvalue weighted by atomic mass is 35.5. The summed E-state index contributed by atoms with van der Waals surface area (Å²) < 4.78 is 19.2. The number of esters is 1. The number of hydrogen-bond acceptors (Lipinski definition) is 3. The van der Waals surface area contributed by atoms with Crippen LogP contribution >= 0.6 is 11.6 Å². The Morgan fingerprint density at radius 1 is 1.56 bits per heavy atom. The summed E-state index contributed by atoms with van der Waals surface area (Å²) in [7, 11) is 0. The fraction of sp³-hybridized carbons (Fsp3) is 0.167. The highest BCUT2D eigenvalue weighted by Crippen LogP contribution is 2.21. The molecule has 0 aliphatic rings. The first-order valence-corrected chi connectivity index (χ1v) is 5.68. The first-order chi connectivity index (χ1) is 8.63. The lowest BCUT2D eigenvalue weighted by atomic mass is 10.3. The number of benzene rings is 1. The lowest BCUT2D eigenvalue weighted by Crippen LogP contribution is -2.05. The van der Waals surface area contributed by atoms with Crippen molar-refractivity contribution in [3.8, 4) is 5.69 Å². The summed E-state index contributed by atoms with van der Waals surface area (Å²) in [5, 5.41) is 4.04. The van der Waals surface area contributed by atoms with Crippen LogP contribution in [0.5, 0.6) is 0 Å². The lowest BCUT2D eigenvalue weighted by molar-refractivity contribution is 0.0526. The fourth-order valence-electron chi connectivity index (χ4n) is 1.47. The standard InChI is InChI=1S/C12H10ClFN2O2/c1-2-18-12(17)10-7-15-16(11(10)13)9-5-3-4-8(14)6-9/h3-7H,2H2,1H3. The number of hydrogen-bond donors (Lipinski definition) is 0. The molecule has 0 amide bonds. The molecule has 0 bridgehead atoms. The van der Waals surface area contributed by atoms with Crippen LogP contribution in [0.4, 0.5) is 4.39 Å². The smallest absolute Gasteiger partial charge is 0.342 e. The topological polar surface area (TPSA) is 44.1 Å². The Bertz CT molecular complexity index is 583. The average Bonchev–Trinajstić information content (AvgIpc) is 2.71. The molecule has 0 spiro atoms. The molecule has 0 saturated heterocycles.